The third kappa shape index (κ3) is 34.0. The van der Waals surface area contributed by atoms with E-state index in [4.69, 9.17) is 18.9 Å². The molecule has 0 aromatic rings. The SMILES string of the molecule is CCCCCCC/C=C\C/C=C\CCCCCCCCCCCCCC(=O)OC(COCCCCCCCCCCCCCC)COC1OC(CO)C(O)C(OS(=O)(=O)O)C1O. The molecule has 0 aromatic carbocycles. The first-order valence-corrected chi connectivity index (χ1v) is 26.5. The number of hydrogen-bond acceptors (Lipinski definition) is 11. The van der Waals surface area contributed by atoms with Gasteiger partial charge in [0.2, 0.25) is 0 Å². The van der Waals surface area contributed by atoms with E-state index in [1.165, 1.54) is 148 Å². The summed E-state index contributed by atoms with van der Waals surface area (Å²) in [5.41, 5.74) is 0. The second-order valence-electron chi connectivity index (χ2n) is 17.4. The molecule has 1 heterocycles. The quantitative estimate of drug-likeness (QED) is 0.0197. The van der Waals surface area contributed by atoms with Gasteiger partial charge in [0, 0.05) is 13.0 Å². The average Bonchev–Trinajstić information content (AvgIpc) is 3.24. The number of allylic oxidation sites excluding steroid dienone is 4. The number of hydrogen-bond donors (Lipinski definition) is 4. The minimum atomic E-state index is -5.06. The van der Waals surface area contributed by atoms with Gasteiger partial charge in [-0.05, 0) is 44.9 Å². The summed E-state index contributed by atoms with van der Waals surface area (Å²) in [7, 11) is -5.06. The average molecular weight is 905 g/mol. The molecule has 1 saturated heterocycles. The van der Waals surface area contributed by atoms with E-state index < -0.39 is 59.8 Å². The van der Waals surface area contributed by atoms with Gasteiger partial charge >= 0.3 is 16.4 Å². The number of esters is 1. The Labute approximate surface area is 378 Å². The summed E-state index contributed by atoms with van der Waals surface area (Å²) in [5, 5.41) is 30.7. The maximum absolute atomic E-state index is 12.9. The van der Waals surface area contributed by atoms with E-state index in [9.17, 15) is 33.1 Å². The Morgan fingerprint density at radius 3 is 1.53 bits per heavy atom. The smallest absolute Gasteiger partial charge is 0.397 e. The van der Waals surface area contributed by atoms with Gasteiger partial charge < -0.3 is 34.3 Å². The largest absolute Gasteiger partial charge is 0.457 e. The zero-order valence-corrected chi connectivity index (χ0v) is 40.0. The maximum Gasteiger partial charge on any atom is 0.397 e. The zero-order valence-electron chi connectivity index (χ0n) is 39.2. The highest BCUT2D eigenvalue weighted by Gasteiger charge is 2.48. The topological polar surface area (TPSA) is 178 Å². The summed E-state index contributed by atoms with van der Waals surface area (Å²) in [4.78, 5) is 12.9. The van der Waals surface area contributed by atoms with Crippen LogP contribution in [0.25, 0.3) is 0 Å². The van der Waals surface area contributed by atoms with Gasteiger partial charge in [-0.25, -0.2) is 4.18 Å². The molecular formula is C49H92O12S. The van der Waals surface area contributed by atoms with E-state index in [-0.39, 0.29) is 19.6 Å². The minimum Gasteiger partial charge on any atom is -0.457 e. The second-order valence-corrected chi connectivity index (χ2v) is 18.5. The number of ether oxygens (including phenoxy) is 4. The molecule has 0 amide bonds. The fraction of sp³-hybridized carbons (Fsp3) is 0.898. The Hall–Kier alpha value is -1.42. The molecule has 1 aliphatic heterocycles. The van der Waals surface area contributed by atoms with E-state index in [0.29, 0.717) is 13.0 Å². The van der Waals surface area contributed by atoms with Crippen LogP contribution in [-0.2, 0) is 38.3 Å². The molecule has 12 nitrogen and oxygen atoms in total. The van der Waals surface area contributed by atoms with E-state index in [2.05, 4.69) is 42.3 Å². The first-order valence-electron chi connectivity index (χ1n) is 25.1. The summed E-state index contributed by atoms with van der Waals surface area (Å²) in [6.45, 7) is 4.00. The highest BCUT2D eigenvalue weighted by Crippen LogP contribution is 2.26. The molecule has 0 saturated carbocycles. The van der Waals surface area contributed by atoms with Crippen molar-refractivity contribution in [1.29, 1.82) is 0 Å². The van der Waals surface area contributed by atoms with Gasteiger partial charge in [0.05, 0.1) is 19.8 Å². The predicted molar refractivity (Wildman–Crippen MR) is 248 cm³/mol. The van der Waals surface area contributed by atoms with Gasteiger partial charge in [-0.3, -0.25) is 9.35 Å². The number of unbranched alkanes of at least 4 members (excludes halogenated alkanes) is 27. The van der Waals surface area contributed by atoms with Crippen LogP contribution < -0.4 is 0 Å². The Balaban J connectivity index is 2.33. The van der Waals surface area contributed by atoms with Crippen molar-refractivity contribution in [3.8, 4) is 0 Å². The van der Waals surface area contributed by atoms with Gasteiger partial charge in [-0.15, -0.1) is 0 Å². The summed E-state index contributed by atoms with van der Waals surface area (Å²) >= 11 is 0. The van der Waals surface area contributed by atoms with Crippen molar-refractivity contribution in [3.05, 3.63) is 24.3 Å². The van der Waals surface area contributed by atoms with Crippen LogP contribution in [-0.4, -0.2) is 97.5 Å². The van der Waals surface area contributed by atoms with Crippen LogP contribution in [0.4, 0.5) is 0 Å². The molecule has 0 bridgehead atoms. The highest BCUT2D eigenvalue weighted by atomic mass is 32.3. The van der Waals surface area contributed by atoms with Gasteiger partial charge in [-0.1, -0.05) is 192 Å². The fourth-order valence-electron chi connectivity index (χ4n) is 7.76. The van der Waals surface area contributed by atoms with Crippen LogP contribution in [0.2, 0.25) is 0 Å². The molecule has 0 aliphatic carbocycles. The van der Waals surface area contributed by atoms with Gasteiger partial charge in [0.15, 0.2) is 6.29 Å². The van der Waals surface area contributed by atoms with E-state index in [1.54, 1.807) is 0 Å². The number of rotatable bonds is 44. The van der Waals surface area contributed by atoms with Crippen LogP contribution in [0.1, 0.15) is 219 Å². The molecule has 62 heavy (non-hydrogen) atoms. The molecule has 6 unspecified atom stereocenters. The van der Waals surface area contributed by atoms with Gasteiger partial charge in [-0.2, -0.15) is 8.42 Å². The van der Waals surface area contributed by atoms with Crippen molar-refractivity contribution in [1.82, 2.24) is 0 Å². The Morgan fingerprint density at radius 1 is 0.613 bits per heavy atom. The second kappa shape index (κ2) is 41.0. The van der Waals surface area contributed by atoms with Crippen molar-refractivity contribution in [2.75, 3.05) is 26.4 Å². The monoisotopic (exact) mass is 905 g/mol. The van der Waals surface area contributed by atoms with Crippen molar-refractivity contribution in [2.24, 2.45) is 0 Å². The van der Waals surface area contributed by atoms with Gasteiger partial charge in [0.1, 0.15) is 30.5 Å². The predicted octanol–water partition coefficient (Wildman–Crippen LogP) is 11.2. The molecule has 4 N–H and O–H groups in total. The third-order valence-electron chi connectivity index (χ3n) is 11.6. The van der Waals surface area contributed by atoms with E-state index >= 15 is 0 Å². The van der Waals surface area contributed by atoms with Crippen LogP contribution in [0.5, 0.6) is 0 Å². The first-order chi connectivity index (χ1) is 30.1. The zero-order chi connectivity index (χ0) is 45.4. The third-order valence-corrected chi connectivity index (χ3v) is 12.0. The fourth-order valence-corrected chi connectivity index (χ4v) is 8.27. The summed E-state index contributed by atoms with van der Waals surface area (Å²) < 4.78 is 59.1. The highest BCUT2D eigenvalue weighted by molar-refractivity contribution is 7.80. The van der Waals surface area contributed by atoms with Gasteiger partial charge in [0.25, 0.3) is 0 Å². The molecule has 13 heteroatoms. The summed E-state index contributed by atoms with van der Waals surface area (Å²) in [6.07, 6.45) is 37.8. The number of carbonyl (C=O) groups excluding carboxylic acids is 1. The van der Waals surface area contributed by atoms with Crippen LogP contribution in [0.15, 0.2) is 24.3 Å². The van der Waals surface area contributed by atoms with Crippen molar-refractivity contribution < 1.29 is 56.2 Å². The minimum absolute atomic E-state index is 0.0395. The molecule has 366 valence electrons. The molecular weight excluding hydrogens is 813 g/mol. The summed E-state index contributed by atoms with van der Waals surface area (Å²) in [6, 6.07) is 0. The molecule has 1 aliphatic rings. The Kier molecular flexibility index (Phi) is 38.8. The van der Waals surface area contributed by atoms with Crippen LogP contribution >= 0.6 is 0 Å². The molecule has 0 spiro atoms. The normalized spacial score (nSPS) is 20.1. The summed E-state index contributed by atoms with van der Waals surface area (Å²) in [5.74, 6) is -0.398. The lowest BCUT2D eigenvalue weighted by molar-refractivity contribution is -0.301. The first kappa shape index (κ1) is 58.6. The molecule has 0 radical (unpaired) electrons. The van der Waals surface area contributed by atoms with Crippen molar-refractivity contribution in [2.45, 2.75) is 256 Å². The van der Waals surface area contributed by atoms with E-state index in [1.807, 2.05) is 0 Å². The lowest BCUT2D eigenvalue weighted by Gasteiger charge is -2.41. The molecule has 1 rings (SSSR count). The van der Waals surface area contributed by atoms with E-state index in [0.717, 1.165) is 44.9 Å². The van der Waals surface area contributed by atoms with Crippen LogP contribution in [0.3, 0.4) is 0 Å². The Morgan fingerprint density at radius 2 is 1.06 bits per heavy atom. The standard InChI is InChI=1S/C49H92O12S/c1-3-5-7-9-11-13-15-17-18-19-20-21-22-23-24-25-26-27-28-30-32-34-36-38-45(51)59-43(41-57-39-37-35-33-31-29-16-14-12-10-8-6-4-2)42-58-49-47(53)48(61-62(54,55)56)46(52)44(40-50)60-49/h15,17,19-20,43-44,46-50,52-53H,3-14,16,18,21-42H2,1-2H3,(H,54,55,56)/b17-15-,20-19-. The van der Waals surface area contributed by atoms with Crippen LogP contribution in [0, 0.1) is 0 Å². The maximum atomic E-state index is 12.9. The number of aliphatic hydroxyl groups excluding tert-OH is 3. The van der Waals surface area contributed by atoms with Crippen molar-refractivity contribution >= 4 is 16.4 Å². The van der Waals surface area contributed by atoms with Crippen molar-refractivity contribution in [3.63, 3.8) is 0 Å². The lowest BCUT2D eigenvalue weighted by Crippen LogP contribution is -2.60. The number of carbonyl (C=O) groups is 1. The number of aliphatic hydroxyl groups is 3. The molecule has 1 fully saturated rings. The molecule has 0 aromatic heterocycles. The Bertz CT molecular complexity index is 1180. The lowest BCUT2D eigenvalue weighted by atomic mass is 9.99. The molecule has 6 atom stereocenters.